The molecule has 1 unspecified atom stereocenters. The number of hydrogen-bond acceptors (Lipinski definition) is 10. The molecule has 0 saturated heterocycles. The predicted octanol–water partition coefficient (Wildman–Crippen LogP) is 3.51. The van der Waals surface area contributed by atoms with Crippen molar-refractivity contribution in [2.24, 2.45) is 15.3 Å². The van der Waals surface area contributed by atoms with Crippen molar-refractivity contribution < 1.29 is 40.6 Å². The monoisotopic (exact) mass is 599 g/mol. The molecule has 3 aromatic rings. The number of carbonyl (C=O) groups is 2. The van der Waals surface area contributed by atoms with Crippen molar-refractivity contribution >= 4 is 67.0 Å². The second-order valence-electron chi connectivity index (χ2n) is 8.63. The van der Waals surface area contributed by atoms with E-state index in [2.05, 4.69) is 15.3 Å². The minimum Gasteiger partial charge on any atom is -0.478 e. The molecule has 1 atom stereocenters. The van der Waals surface area contributed by atoms with Crippen LogP contribution in [0.1, 0.15) is 28.4 Å². The molecule has 1 aliphatic rings. The zero-order chi connectivity index (χ0) is 30.1. The van der Waals surface area contributed by atoms with Crippen LogP contribution in [0, 0.1) is 0 Å². The lowest BCUT2D eigenvalue weighted by Gasteiger charge is -2.14. The van der Waals surface area contributed by atoms with E-state index in [-0.39, 0.29) is 39.5 Å². The van der Waals surface area contributed by atoms with Gasteiger partial charge in [-0.25, -0.2) is 4.79 Å². The van der Waals surface area contributed by atoms with E-state index in [0.29, 0.717) is 0 Å². The molecule has 0 bridgehead atoms. The average molecular weight is 600 g/mol. The van der Waals surface area contributed by atoms with Crippen LogP contribution in [0.15, 0.2) is 85.8 Å². The number of carboxylic acid groups (broad SMARTS) is 1. The summed E-state index contributed by atoms with van der Waals surface area (Å²) in [7, 11) is -9.53. The third kappa shape index (κ3) is 6.36. The summed E-state index contributed by atoms with van der Waals surface area (Å²) in [6, 6.07) is 11.8. The smallest absolute Gasteiger partial charge is 0.337 e. The number of aromatic carboxylic acids is 1. The van der Waals surface area contributed by atoms with Crippen molar-refractivity contribution in [3.8, 4) is 0 Å². The maximum atomic E-state index is 13.1. The molecule has 41 heavy (non-hydrogen) atoms. The summed E-state index contributed by atoms with van der Waals surface area (Å²) in [6.07, 6.45) is 2.38. The quantitative estimate of drug-likeness (QED) is 0.127. The summed E-state index contributed by atoms with van der Waals surface area (Å²) in [6.45, 7) is 1.48. The van der Waals surface area contributed by atoms with Crippen LogP contribution >= 0.6 is 0 Å². The van der Waals surface area contributed by atoms with Gasteiger partial charge in [0.05, 0.1) is 22.6 Å². The molecule has 3 aromatic carbocycles. The van der Waals surface area contributed by atoms with Crippen LogP contribution in [-0.4, -0.2) is 54.7 Å². The standard InChI is InChI=1S/C25H21N5O9S2/c1-14-23(28-27-20-5-3-2-4-19(20)25(32)33)24(31)30(29-14)18-11-9-16(22(13-18)41(37,38)39)7-6-15-8-10-17(26)12-21(15)40(34,35)36/h2-13,23H,26H2,1H3,(H,32,33)(H,34,35,36)(H,37,38,39). The van der Waals surface area contributed by atoms with Crippen LogP contribution < -0.4 is 10.7 Å². The number of benzene rings is 3. The lowest BCUT2D eigenvalue weighted by Crippen LogP contribution is -2.29. The molecule has 1 amide bonds. The number of anilines is 2. The van der Waals surface area contributed by atoms with Gasteiger partial charge < -0.3 is 10.8 Å². The predicted molar refractivity (Wildman–Crippen MR) is 148 cm³/mol. The molecule has 212 valence electrons. The lowest BCUT2D eigenvalue weighted by atomic mass is 10.1. The molecule has 0 saturated carbocycles. The molecule has 0 aromatic heterocycles. The van der Waals surface area contributed by atoms with Gasteiger partial charge in [-0.1, -0.05) is 36.4 Å². The molecule has 1 heterocycles. The third-order valence-electron chi connectivity index (χ3n) is 5.79. The molecule has 0 fully saturated rings. The Balaban J connectivity index is 1.67. The highest BCUT2D eigenvalue weighted by atomic mass is 32.2. The number of nitrogen functional groups attached to an aromatic ring is 1. The topological polar surface area (TPSA) is 229 Å². The van der Waals surface area contributed by atoms with E-state index in [1.807, 2.05) is 0 Å². The largest absolute Gasteiger partial charge is 0.478 e. The maximum Gasteiger partial charge on any atom is 0.337 e. The Labute approximate surface area is 233 Å². The number of amides is 1. The van der Waals surface area contributed by atoms with Gasteiger partial charge in [-0.3, -0.25) is 13.9 Å². The van der Waals surface area contributed by atoms with Gasteiger partial charge in [-0.15, -0.1) is 0 Å². The van der Waals surface area contributed by atoms with Gasteiger partial charge in [-0.05, 0) is 54.4 Å². The molecule has 5 N–H and O–H groups in total. The van der Waals surface area contributed by atoms with Gasteiger partial charge in [0.15, 0.2) is 6.04 Å². The van der Waals surface area contributed by atoms with Gasteiger partial charge in [0.25, 0.3) is 26.1 Å². The van der Waals surface area contributed by atoms with Crippen LogP contribution in [0.4, 0.5) is 17.1 Å². The second kappa shape index (κ2) is 11.0. The normalized spacial score (nSPS) is 16.1. The summed E-state index contributed by atoms with van der Waals surface area (Å²) in [5.41, 5.74) is 5.59. The molecule has 0 aliphatic carbocycles. The molecule has 0 radical (unpaired) electrons. The average Bonchev–Trinajstić information content (AvgIpc) is 3.18. The Bertz CT molecular complexity index is 1880. The van der Waals surface area contributed by atoms with Crippen molar-refractivity contribution in [1.29, 1.82) is 0 Å². The minimum absolute atomic E-state index is 0.0142. The first-order chi connectivity index (χ1) is 19.2. The first kappa shape index (κ1) is 29.2. The van der Waals surface area contributed by atoms with E-state index >= 15 is 0 Å². The fourth-order valence-electron chi connectivity index (χ4n) is 3.84. The van der Waals surface area contributed by atoms with E-state index in [1.165, 1.54) is 61.5 Å². The highest BCUT2D eigenvalue weighted by Crippen LogP contribution is 2.30. The summed E-state index contributed by atoms with van der Waals surface area (Å²) in [4.78, 5) is 23.4. The molecular weight excluding hydrogens is 578 g/mol. The van der Waals surface area contributed by atoms with Crippen molar-refractivity contribution in [3.05, 3.63) is 77.4 Å². The van der Waals surface area contributed by atoms with Crippen LogP contribution in [0.2, 0.25) is 0 Å². The summed E-state index contributed by atoms with van der Waals surface area (Å²) >= 11 is 0. The van der Waals surface area contributed by atoms with Gasteiger partial charge in [-0.2, -0.15) is 37.2 Å². The first-order valence-electron chi connectivity index (χ1n) is 11.5. The van der Waals surface area contributed by atoms with Gasteiger partial charge in [0.2, 0.25) is 0 Å². The Morgan fingerprint density at radius 2 is 1.54 bits per heavy atom. The van der Waals surface area contributed by atoms with Crippen molar-refractivity contribution in [2.45, 2.75) is 22.8 Å². The number of nitrogens with two attached hydrogens (primary N) is 1. The lowest BCUT2D eigenvalue weighted by molar-refractivity contribution is -0.117. The van der Waals surface area contributed by atoms with Crippen molar-refractivity contribution in [2.75, 3.05) is 10.7 Å². The number of rotatable bonds is 8. The Morgan fingerprint density at radius 3 is 2.15 bits per heavy atom. The fourth-order valence-corrected chi connectivity index (χ4v) is 5.27. The number of hydrazone groups is 1. The van der Waals surface area contributed by atoms with E-state index in [9.17, 15) is 40.6 Å². The van der Waals surface area contributed by atoms with Crippen LogP contribution in [0.3, 0.4) is 0 Å². The summed E-state index contributed by atoms with van der Waals surface area (Å²) in [5, 5.41) is 22.1. The van der Waals surface area contributed by atoms with Crippen LogP contribution in [0.5, 0.6) is 0 Å². The van der Waals surface area contributed by atoms with E-state index < -0.39 is 47.9 Å². The number of azo groups is 1. The Morgan fingerprint density at radius 1 is 0.951 bits per heavy atom. The molecule has 1 aliphatic heterocycles. The minimum atomic E-state index is -4.86. The Kier molecular flexibility index (Phi) is 7.85. The van der Waals surface area contributed by atoms with Crippen molar-refractivity contribution in [1.82, 2.24) is 0 Å². The zero-order valence-electron chi connectivity index (χ0n) is 21.0. The van der Waals surface area contributed by atoms with Crippen LogP contribution in [0.25, 0.3) is 12.2 Å². The summed E-state index contributed by atoms with van der Waals surface area (Å²) < 4.78 is 67.2. The summed E-state index contributed by atoms with van der Waals surface area (Å²) in [5.74, 6) is -1.95. The molecular formula is C25H21N5O9S2. The number of nitrogens with zero attached hydrogens (tertiary/aromatic N) is 4. The van der Waals surface area contributed by atoms with Gasteiger partial charge >= 0.3 is 5.97 Å². The molecule has 0 spiro atoms. The highest BCUT2D eigenvalue weighted by molar-refractivity contribution is 7.86. The SMILES string of the molecule is CC1=NN(c2ccc(C=Cc3ccc(N)cc3S(=O)(=O)O)c(S(=O)(=O)O)c2)C(=O)C1N=Nc1ccccc1C(=O)O. The maximum absolute atomic E-state index is 13.1. The van der Waals surface area contributed by atoms with E-state index in [4.69, 9.17) is 5.73 Å². The number of carboxylic acids is 1. The van der Waals surface area contributed by atoms with Crippen LogP contribution in [-0.2, 0) is 25.0 Å². The second-order valence-corrected chi connectivity index (χ2v) is 11.4. The Hall–Kier alpha value is -4.77. The zero-order valence-corrected chi connectivity index (χ0v) is 22.6. The van der Waals surface area contributed by atoms with Gasteiger partial charge in [0.1, 0.15) is 9.79 Å². The fraction of sp³-hybridized carbons (Fsp3) is 0.0800. The number of carbonyl (C=O) groups excluding carboxylic acids is 1. The first-order valence-corrected chi connectivity index (χ1v) is 14.3. The van der Waals surface area contributed by atoms with Gasteiger partial charge in [0, 0.05) is 5.69 Å². The number of hydrogen-bond donors (Lipinski definition) is 4. The van der Waals surface area contributed by atoms with Crippen molar-refractivity contribution in [3.63, 3.8) is 0 Å². The molecule has 4 rings (SSSR count). The highest BCUT2D eigenvalue weighted by Gasteiger charge is 2.35. The third-order valence-corrected chi connectivity index (χ3v) is 7.61. The van der Waals surface area contributed by atoms with E-state index in [1.54, 1.807) is 6.07 Å². The van der Waals surface area contributed by atoms with E-state index in [0.717, 1.165) is 17.1 Å². The molecule has 16 heteroatoms. The molecule has 14 nitrogen and oxygen atoms in total.